The number of rotatable bonds is 14. The van der Waals surface area contributed by atoms with Gasteiger partial charge in [0.15, 0.2) is 11.9 Å². The maximum atomic E-state index is 13.5. The van der Waals surface area contributed by atoms with Gasteiger partial charge in [-0.15, -0.1) is 0 Å². The number of carbonyl (C=O) groups is 2. The first-order chi connectivity index (χ1) is 18.6. The summed E-state index contributed by atoms with van der Waals surface area (Å²) in [5.74, 6) is -0.655. The molecule has 212 valence electrons. The van der Waals surface area contributed by atoms with Crippen LogP contribution >= 0.6 is 7.60 Å². The van der Waals surface area contributed by atoms with Crippen LogP contribution in [0.25, 0.3) is 0 Å². The van der Waals surface area contributed by atoms with E-state index in [2.05, 4.69) is 5.32 Å². The Kier molecular flexibility index (Phi) is 10.6. The van der Waals surface area contributed by atoms with E-state index in [0.29, 0.717) is 35.6 Å². The van der Waals surface area contributed by atoms with Crippen molar-refractivity contribution >= 4 is 19.3 Å². The number of nitrogens with one attached hydrogen (secondary N) is 1. The van der Waals surface area contributed by atoms with Gasteiger partial charge in [-0.2, -0.15) is 0 Å². The molecule has 1 aromatic carbocycles. The zero-order valence-corrected chi connectivity index (χ0v) is 23.8. The Hall–Kier alpha value is -3.33. The summed E-state index contributed by atoms with van der Waals surface area (Å²) in [6.07, 6.45) is 2.53. The third-order valence-corrected chi connectivity index (χ3v) is 8.12. The Bertz CT molecular complexity index is 1270. The van der Waals surface area contributed by atoms with E-state index in [-0.39, 0.29) is 36.6 Å². The summed E-state index contributed by atoms with van der Waals surface area (Å²) in [7, 11) is -2.20. The first-order valence-corrected chi connectivity index (χ1v) is 14.5. The highest BCUT2D eigenvalue weighted by Crippen LogP contribution is 2.49. The minimum Gasteiger partial charge on any atom is -0.500 e. The van der Waals surface area contributed by atoms with Crippen molar-refractivity contribution in [2.75, 3.05) is 33.0 Å². The van der Waals surface area contributed by atoms with Gasteiger partial charge in [0.1, 0.15) is 17.1 Å². The molecule has 3 rings (SSSR count). The number of esters is 1. The molecule has 3 unspecified atom stereocenters. The van der Waals surface area contributed by atoms with Crippen LogP contribution in [0.5, 0.6) is 11.7 Å². The molecule has 3 atom stereocenters. The molecule has 0 radical (unpaired) electrons. The molecule has 2 aromatic rings. The van der Waals surface area contributed by atoms with Crippen LogP contribution in [0.2, 0.25) is 0 Å². The van der Waals surface area contributed by atoms with Gasteiger partial charge in [-0.05, 0) is 39.3 Å². The lowest BCUT2D eigenvalue weighted by atomic mass is 9.83. The number of para-hydroxylation sites is 1. The van der Waals surface area contributed by atoms with E-state index in [1.807, 2.05) is 19.9 Å². The van der Waals surface area contributed by atoms with Gasteiger partial charge in [-0.25, -0.2) is 9.36 Å². The highest BCUT2D eigenvalue weighted by molar-refractivity contribution is 7.54. The number of allylic oxidation sites excluding steroid dienone is 3. The summed E-state index contributed by atoms with van der Waals surface area (Å²) < 4.78 is 40.4. The number of aromatic hydroxyl groups is 1. The largest absolute Gasteiger partial charge is 0.500 e. The molecular formula is C28H36NO9P. The lowest BCUT2D eigenvalue weighted by molar-refractivity contribution is -0.150. The highest BCUT2D eigenvalue weighted by Gasteiger charge is 2.36. The van der Waals surface area contributed by atoms with E-state index in [0.717, 1.165) is 5.57 Å². The number of fused-ring (bicyclic) bond motifs is 1. The van der Waals surface area contributed by atoms with Gasteiger partial charge in [0.05, 0.1) is 26.1 Å². The lowest BCUT2D eigenvalue weighted by Crippen LogP contribution is -2.26. The first kappa shape index (κ1) is 30.2. The molecule has 1 aromatic heterocycles. The van der Waals surface area contributed by atoms with Crippen molar-refractivity contribution in [1.82, 2.24) is 5.32 Å². The molecule has 39 heavy (non-hydrogen) atoms. The van der Waals surface area contributed by atoms with Gasteiger partial charge in [0.2, 0.25) is 0 Å². The number of furan rings is 1. The van der Waals surface area contributed by atoms with Crippen molar-refractivity contribution in [3.05, 3.63) is 70.7 Å². The van der Waals surface area contributed by atoms with Crippen LogP contribution in [0.3, 0.4) is 0 Å². The maximum Gasteiger partial charge on any atom is 0.381 e. The molecule has 0 saturated heterocycles. The second-order valence-corrected chi connectivity index (χ2v) is 11.2. The Morgan fingerprint density at radius 1 is 1.28 bits per heavy atom. The average molecular weight is 562 g/mol. The molecule has 0 bridgehead atoms. The van der Waals surface area contributed by atoms with E-state index in [1.54, 1.807) is 37.3 Å². The van der Waals surface area contributed by atoms with E-state index in [9.17, 15) is 19.3 Å². The van der Waals surface area contributed by atoms with Gasteiger partial charge in [0.25, 0.3) is 5.95 Å². The van der Waals surface area contributed by atoms with E-state index in [4.69, 9.17) is 22.9 Å². The number of ether oxygens (including phenoxy) is 2. The number of Topliss-reactive ketones (excluding diaryl/α,β-unsaturated/α-hetero) is 1. The van der Waals surface area contributed by atoms with Gasteiger partial charge >= 0.3 is 13.6 Å². The molecule has 1 aliphatic carbocycles. The molecule has 1 aliphatic rings. The summed E-state index contributed by atoms with van der Waals surface area (Å²) >= 11 is 0. The van der Waals surface area contributed by atoms with Crippen LogP contribution in [0.4, 0.5) is 0 Å². The van der Waals surface area contributed by atoms with Crippen molar-refractivity contribution < 1.29 is 42.2 Å². The smallest absolute Gasteiger partial charge is 0.381 e. The minimum absolute atomic E-state index is 0.0104. The van der Waals surface area contributed by atoms with Crippen molar-refractivity contribution in [3.8, 4) is 11.7 Å². The van der Waals surface area contributed by atoms with Crippen LogP contribution in [0, 0.1) is 0 Å². The molecule has 0 fully saturated rings. The molecule has 2 N–H and O–H groups in total. The number of ketones is 1. The average Bonchev–Trinajstić information content (AvgIpc) is 3.30. The number of benzene rings is 1. The zero-order valence-electron chi connectivity index (χ0n) is 22.9. The number of hydrogen-bond acceptors (Lipinski definition) is 10. The fourth-order valence-corrected chi connectivity index (χ4v) is 5.90. The summed E-state index contributed by atoms with van der Waals surface area (Å²) in [6.45, 7) is 7.84. The van der Waals surface area contributed by atoms with E-state index >= 15 is 0 Å². The highest BCUT2D eigenvalue weighted by atomic mass is 31.2. The molecule has 0 amide bonds. The number of methoxy groups -OCH3 is 1. The Balaban J connectivity index is 1.61. The van der Waals surface area contributed by atoms with Crippen molar-refractivity contribution in [2.45, 2.75) is 46.1 Å². The zero-order chi connectivity index (χ0) is 28.6. The fraction of sp³-hybridized carbons (Fsp3) is 0.429. The normalized spacial score (nSPS) is 17.8. The first-order valence-electron chi connectivity index (χ1n) is 12.8. The monoisotopic (exact) mass is 561 g/mol. The van der Waals surface area contributed by atoms with Crippen LogP contribution in [0.15, 0.2) is 64.0 Å². The second-order valence-electron chi connectivity index (χ2n) is 9.14. The molecule has 0 aliphatic heterocycles. The van der Waals surface area contributed by atoms with Crippen LogP contribution < -0.4 is 9.84 Å². The third-order valence-electron chi connectivity index (χ3n) is 6.22. The van der Waals surface area contributed by atoms with Gasteiger partial charge in [0, 0.05) is 30.1 Å². The van der Waals surface area contributed by atoms with Crippen molar-refractivity contribution in [3.63, 3.8) is 0 Å². The Labute approximate surface area is 228 Å². The predicted molar refractivity (Wildman–Crippen MR) is 145 cm³/mol. The van der Waals surface area contributed by atoms with Crippen LogP contribution in [-0.2, 0) is 23.4 Å². The van der Waals surface area contributed by atoms with Gasteiger partial charge in [-0.1, -0.05) is 36.8 Å². The predicted octanol–water partition coefficient (Wildman–Crippen LogP) is 5.35. The number of hydrogen-bond donors (Lipinski definition) is 2. The standard InChI is InChI=1S/C28H36NO9P/c1-6-35-27(31)20(4)37-39(33,38-21-10-8-7-9-11-21)15-14-29-16-18(2)12-13-22-25(30)24-23(17-36-28(24)32)19(3)26(22)34-5/h7-12,17,19-20,29,32H,6,13-16H2,1-5H3. The summed E-state index contributed by atoms with van der Waals surface area (Å²) in [4.78, 5) is 25.1. The van der Waals surface area contributed by atoms with Gasteiger partial charge in [-0.3, -0.25) is 9.32 Å². The Morgan fingerprint density at radius 2 is 2.00 bits per heavy atom. The van der Waals surface area contributed by atoms with Crippen molar-refractivity contribution in [2.24, 2.45) is 0 Å². The molecule has 10 nitrogen and oxygen atoms in total. The quantitative estimate of drug-likeness (QED) is 0.135. The summed E-state index contributed by atoms with van der Waals surface area (Å²) in [5, 5.41) is 13.2. The maximum absolute atomic E-state index is 13.5. The summed E-state index contributed by atoms with van der Waals surface area (Å²) in [6, 6.07) is 8.62. The van der Waals surface area contributed by atoms with E-state index in [1.165, 1.54) is 20.3 Å². The third kappa shape index (κ3) is 7.62. The fourth-order valence-electron chi connectivity index (χ4n) is 4.22. The minimum atomic E-state index is -3.71. The second kappa shape index (κ2) is 13.6. The molecule has 0 spiro atoms. The van der Waals surface area contributed by atoms with Gasteiger partial charge < -0.3 is 28.8 Å². The van der Waals surface area contributed by atoms with Crippen LogP contribution in [-0.4, -0.2) is 55.9 Å². The van der Waals surface area contributed by atoms with Crippen molar-refractivity contribution in [1.29, 1.82) is 0 Å². The topological polar surface area (TPSA) is 134 Å². The molecule has 0 saturated carbocycles. The van der Waals surface area contributed by atoms with Crippen LogP contribution in [0.1, 0.15) is 56.0 Å². The molecular weight excluding hydrogens is 525 g/mol. The lowest BCUT2D eigenvalue weighted by Gasteiger charge is -2.23. The molecule has 11 heteroatoms. The molecule has 1 heterocycles. The number of carbonyl (C=O) groups excluding carboxylic acids is 2. The van der Waals surface area contributed by atoms with E-state index < -0.39 is 25.6 Å². The summed E-state index contributed by atoms with van der Waals surface area (Å²) in [5.41, 5.74) is 2.16. The Morgan fingerprint density at radius 3 is 2.67 bits per heavy atom. The SMILES string of the molecule is CCOC(=O)C(C)OP(=O)(CCNCC(C)=CCC1=C(OC)C(C)c2coc(O)c2C1=O)Oc1ccccc1.